The fourth-order valence-electron chi connectivity index (χ4n) is 2.57. The molecule has 0 bridgehead atoms. The van der Waals surface area contributed by atoms with Crippen LogP contribution >= 0.6 is 11.3 Å². The van der Waals surface area contributed by atoms with Gasteiger partial charge in [0.05, 0.1) is 17.7 Å². The quantitative estimate of drug-likeness (QED) is 0.547. The number of carbonyl (C=O) groups excluding carboxylic acids is 1. The van der Waals surface area contributed by atoms with E-state index in [-0.39, 0.29) is 17.2 Å². The number of hydrogen-bond acceptors (Lipinski definition) is 5. The molecule has 0 fully saturated rings. The van der Waals surface area contributed by atoms with Crippen LogP contribution in [0.1, 0.15) is 27.9 Å². The summed E-state index contributed by atoms with van der Waals surface area (Å²) in [6.07, 6.45) is 2.14. The Bertz CT molecular complexity index is 961. The number of Topliss-reactive ketones (excluding diaryl/α,β-unsaturated/α-hetero) is 1. The van der Waals surface area contributed by atoms with Gasteiger partial charge in [-0.1, -0.05) is 18.2 Å². The van der Waals surface area contributed by atoms with Gasteiger partial charge in [0.2, 0.25) is 10.0 Å². The summed E-state index contributed by atoms with van der Waals surface area (Å²) in [6, 6.07) is 13.6. The van der Waals surface area contributed by atoms with Crippen LogP contribution < -0.4 is 0 Å². The molecule has 0 atom stereocenters. The number of benzene rings is 1. The predicted octanol–water partition coefficient (Wildman–Crippen LogP) is 3.98. The predicted molar refractivity (Wildman–Crippen MR) is 101 cm³/mol. The molecule has 0 unspecified atom stereocenters. The Labute approximate surface area is 156 Å². The van der Waals surface area contributed by atoms with E-state index in [0.29, 0.717) is 24.3 Å². The van der Waals surface area contributed by atoms with E-state index in [2.05, 4.69) is 0 Å². The molecule has 0 aliphatic rings. The second-order valence-electron chi connectivity index (χ2n) is 5.83. The zero-order chi connectivity index (χ0) is 18.6. The Morgan fingerprint density at radius 2 is 2.00 bits per heavy atom. The zero-order valence-corrected chi connectivity index (χ0v) is 15.9. The molecule has 0 aliphatic carbocycles. The molecule has 2 heterocycles. The van der Waals surface area contributed by atoms with Gasteiger partial charge in [-0.05, 0) is 49.1 Å². The van der Waals surface area contributed by atoms with Crippen molar-refractivity contribution in [3.05, 3.63) is 76.4 Å². The monoisotopic (exact) mass is 389 g/mol. The van der Waals surface area contributed by atoms with Gasteiger partial charge in [0.1, 0.15) is 5.76 Å². The van der Waals surface area contributed by atoms with Crippen LogP contribution in [0.4, 0.5) is 0 Å². The molecule has 5 nitrogen and oxygen atoms in total. The summed E-state index contributed by atoms with van der Waals surface area (Å²) in [5.74, 6) is 0.403. The molecule has 0 N–H and O–H groups in total. The summed E-state index contributed by atoms with van der Waals surface area (Å²) in [5, 5.41) is 1.97. The summed E-state index contributed by atoms with van der Waals surface area (Å²) >= 11 is 1.60. The van der Waals surface area contributed by atoms with Crippen LogP contribution in [0.2, 0.25) is 0 Å². The first-order valence-electron chi connectivity index (χ1n) is 8.13. The van der Waals surface area contributed by atoms with Crippen molar-refractivity contribution in [2.45, 2.75) is 24.8 Å². The lowest BCUT2D eigenvalue weighted by Gasteiger charge is -2.21. The lowest BCUT2D eigenvalue weighted by molar-refractivity contribution is 0.101. The molecule has 0 amide bonds. The fourth-order valence-corrected chi connectivity index (χ4v) is 4.73. The number of furan rings is 1. The van der Waals surface area contributed by atoms with Crippen molar-refractivity contribution in [1.29, 1.82) is 0 Å². The molecule has 0 saturated heterocycles. The van der Waals surface area contributed by atoms with E-state index in [0.717, 1.165) is 4.88 Å². The van der Waals surface area contributed by atoms with E-state index in [4.69, 9.17) is 4.42 Å². The van der Waals surface area contributed by atoms with Gasteiger partial charge in [0.15, 0.2) is 5.78 Å². The molecule has 0 radical (unpaired) electrons. The largest absolute Gasteiger partial charge is 0.468 e. The van der Waals surface area contributed by atoms with Crippen LogP contribution in [0, 0.1) is 0 Å². The van der Waals surface area contributed by atoms with E-state index in [1.807, 2.05) is 17.5 Å². The molecule has 26 heavy (non-hydrogen) atoms. The molecular formula is C19H19NO4S2. The van der Waals surface area contributed by atoms with E-state index in [9.17, 15) is 13.2 Å². The molecule has 7 heteroatoms. The molecule has 136 valence electrons. The summed E-state index contributed by atoms with van der Waals surface area (Å²) in [7, 11) is -3.76. The van der Waals surface area contributed by atoms with Crippen molar-refractivity contribution in [3.8, 4) is 0 Å². The number of ketones is 1. The smallest absolute Gasteiger partial charge is 0.243 e. The molecule has 0 aliphatic heterocycles. The Kier molecular flexibility index (Phi) is 5.70. The van der Waals surface area contributed by atoms with Gasteiger partial charge in [0, 0.05) is 17.0 Å². The summed E-state index contributed by atoms with van der Waals surface area (Å²) in [4.78, 5) is 12.8. The van der Waals surface area contributed by atoms with Crippen molar-refractivity contribution in [2.24, 2.45) is 0 Å². The minimum Gasteiger partial charge on any atom is -0.468 e. The standard InChI is InChI=1S/C19H19NO4S2/c1-15(21)16-5-2-8-19(13-16)26(22,23)20(14-17-6-3-11-24-17)10-9-18-7-4-12-25-18/h2-8,11-13H,9-10,14H2,1H3. The fraction of sp³-hybridized carbons (Fsp3) is 0.211. The van der Waals surface area contributed by atoms with Gasteiger partial charge in [-0.15, -0.1) is 11.3 Å². The first-order valence-corrected chi connectivity index (χ1v) is 10.4. The van der Waals surface area contributed by atoms with Crippen LogP contribution in [-0.4, -0.2) is 25.1 Å². The highest BCUT2D eigenvalue weighted by atomic mass is 32.2. The molecule has 1 aromatic carbocycles. The number of thiophene rings is 1. The summed E-state index contributed by atoms with van der Waals surface area (Å²) in [5.41, 5.74) is 0.377. The van der Waals surface area contributed by atoms with Gasteiger partial charge in [-0.2, -0.15) is 4.31 Å². The third-order valence-corrected chi connectivity index (χ3v) is 6.76. The number of carbonyl (C=O) groups is 1. The Morgan fingerprint density at radius 1 is 1.15 bits per heavy atom. The topological polar surface area (TPSA) is 67.6 Å². The highest BCUT2D eigenvalue weighted by Crippen LogP contribution is 2.21. The van der Waals surface area contributed by atoms with Gasteiger partial charge < -0.3 is 4.42 Å². The minimum absolute atomic E-state index is 0.114. The third-order valence-electron chi connectivity index (χ3n) is 3.98. The molecule has 3 aromatic rings. The normalized spacial score (nSPS) is 11.8. The second kappa shape index (κ2) is 7.99. The minimum atomic E-state index is -3.76. The van der Waals surface area contributed by atoms with Crippen LogP contribution in [0.5, 0.6) is 0 Å². The first kappa shape index (κ1) is 18.6. The van der Waals surface area contributed by atoms with Crippen molar-refractivity contribution >= 4 is 27.1 Å². The summed E-state index contributed by atoms with van der Waals surface area (Å²) in [6.45, 7) is 1.89. The van der Waals surface area contributed by atoms with Crippen LogP contribution in [0.3, 0.4) is 0 Å². The first-order chi connectivity index (χ1) is 12.5. The van der Waals surface area contributed by atoms with Crippen LogP contribution in [0.25, 0.3) is 0 Å². The Hall–Kier alpha value is -2.22. The molecular weight excluding hydrogens is 370 g/mol. The molecule has 0 saturated carbocycles. The maximum atomic E-state index is 13.2. The van der Waals surface area contributed by atoms with E-state index >= 15 is 0 Å². The Morgan fingerprint density at radius 3 is 2.65 bits per heavy atom. The van der Waals surface area contributed by atoms with Crippen LogP contribution in [-0.2, 0) is 23.0 Å². The highest BCUT2D eigenvalue weighted by Gasteiger charge is 2.26. The maximum absolute atomic E-state index is 13.2. The third kappa shape index (κ3) is 4.30. The van der Waals surface area contributed by atoms with Gasteiger partial charge in [-0.25, -0.2) is 8.42 Å². The lowest BCUT2D eigenvalue weighted by atomic mass is 10.2. The maximum Gasteiger partial charge on any atom is 0.243 e. The van der Waals surface area contributed by atoms with Gasteiger partial charge in [-0.3, -0.25) is 4.79 Å². The average molecular weight is 389 g/mol. The van der Waals surface area contributed by atoms with Gasteiger partial charge >= 0.3 is 0 Å². The summed E-state index contributed by atoms with van der Waals surface area (Å²) < 4.78 is 33.1. The van der Waals surface area contributed by atoms with Crippen LogP contribution in [0.15, 0.2) is 69.5 Å². The number of rotatable bonds is 8. The van der Waals surface area contributed by atoms with Crippen molar-refractivity contribution < 1.29 is 17.6 Å². The number of sulfonamides is 1. The molecule has 0 spiro atoms. The van der Waals surface area contributed by atoms with Crippen molar-refractivity contribution in [1.82, 2.24) is 4.31 Å². The average Bonchev–Trinajstić information content (AvgIpc) is 3.32. The number of hydrogen-bond donors (Lipinski definition) is 0. The van der Waals surface area contributed by atoms with E-state index in [1.165, 1.54) is 29.6 Å². The highest BCUT2D eigenvalue weighted by molar-refractivity contribution is 7.89. The molecule has 3 rings (SSSR count). The van der Waals surface area contributed by atoms with Gasteiger partial charge in [0.25, 0.3) is 0 Å². The Balaban J connectivity index is 1.90. The van der Waals surface area contributed by atoms with Crippen molar-refractivity contribution in [2.75, 3.05) is 6.54 Å². The van der Waals surface area contributed by atoms with Crippen molar-refractivity contribution in [3.63, 3.8) is 0 Å². The second-order valence-corrected chi connectivity index (χ2v) is 8.80. The van der Waals surface area contributed by atoms with E-state index < -0.39 is 10.0 Å². The number of nitrogens with zero attached hydrogens (tertiary/aromatic N) is 1. The zero-order valence-electron chi connectivity index (χ0n) is 14.3. The lowest BCUT2D eigenvalue weighted by Crippen LogP contribution is -2.32. The molecule has 2 aromatic heterocycles. The SMILES string of the molecule is CC(=O)c1cccc(S(=O)(=O)N(CCc2cccs2)Cc2ccco2)c1. The van der Waals surface area contributed by atoms with E-state index in [1.54, 1.807) is 35.6 Å².